The Morgan fingerprint density at radius 2 is 1.52 bits per heavy atom. The molecule has 1 aliphatic heterocycles. The molecule has 29 heavy (non-hydrogen) atoms. The van der Waals surface area contributed by atoms with Crippen molar-refractivity contribution in [2.75, 3.05) is 39.3 Å². The largest absolute Gasteiger partial charge is 0.472 e. The van der Waals surface area contributed by atoms with Gasteiger partial charge in [0.15, 0.2) is 0 Å². The third-order valence-corrected chi connectivity index (χ3v) is 5.40. The molecule has 2 aromatic carbocycles. The lowest BCUT2D eigenvalue weighted by Gasteiger charge is -2.39. The highest BCUT2D eigenvalue weighted by Gasteiger charge is 2.26. The van der Waals surface area contributed by atoms with Crippen LogP contribution in [0.5, 0.6) is 0 Å². The van der Waals surface area contributed by atoms with Crippen molar-refractivity contribution >= 4 is 5.97 Å². The van der Waals surface area contributed by atoms with Crippen molar-refractivity contribution < 1.29 is 13.9 Å². The van der Waals surface area contributed by atoms with Crippen LogP contribution in [0.2, 0.25) is 0 Å². The molecule has 1 saturated heterocycles. The van der Waals surface area contributed by atoms with Crippen molar-refractivity contribution in [3.8, 4) is 0 Å². The van der Waals surface area contributed by atoms with E-state index in [1.807, 2.05) is 0 Å². The molecule has 1 aromatic heterocycles. The molecule has 0 saturated carbocycles. The monoisotopic (exact) mass is 390 g/mol. The van der Waals surface area contributed by atoms with Crippen LogP contribution in [0.15, 0.2) is 83.7 Å². The van der Waals surface area contributed by atoms with Crippen molar-refractivity contribution in [1.82, 2.24) is 9.80 Å². The Bertz CT molecular complexity index is 834. The number of benzene rings is 2. The van der Waals surface area contributed by atoms with Crippen LogP contribution in [0.25, 0.3) is 0 Å². The molecule has 3 aromatic rings. The minimum Gasteiger partial charge on any atom is -0.472 e. The lowest BCUT2D eigenvalue weighted by Crippen LogP contribution is -2.48. The molecule has 5 heteroatoms. The molecule has 0 spiro atoms. The maximum atomic E-state index is 11.9. The Balaban J connectivity index is 1.33. The molecule has 0 unspecified atom stereocenters. The smallest absolute Gasteiger partial charge is 0.341 e. The van der Waals surface area contributed by atoms with Crippen LogP contribution >= 0.6 is 0 Å². The summed E-state index contributed by atoms with van der Waals surface area (Å²) in [6, 6.07) is 23.3. The van der Waals surface area contributed by atoms with Gasteiger partial charge < -0.3 is 9.15 Å². The number of carbonyl (C=O) groups is 1. The van der Waals surface area contributed by atoms with Gasteiger partial charge in [0.1, 0.15) is 12.9 Å². The fourth-order valence-corrected chi connectivity index (χ4v) is 3.86. The number of piperazine rings is 1. The molecule has 5 nitrogen and oxygen atoms in total. The number of ether oxygens (including phenoxy) is 1. The molecule has 1 aliphatic rings. The van der Waals surface area contributed by atoms with Gasteiger partial charge in [-0.2, -0.15) is 0 Å². The van der Waals surface area contributed by atoms with E-state index >= 15 is 0 Å². The van der Waals surface area contributed by atoms with Crippen molar-refractivity contribution in [2.24, 2.45) is 0 Å². The Hall–Kier alpha value is -2.89. The molecule has 0 atom stereocenters. The SMILES string of the molecule is O=C(OCCN1CCN(C(c2ccccc2)c2ccccc2)CC1)c1ccoc1. The first-order valence-electron chi connectivity index (χ1n) is 10.1. The number of hydrogen-bond donors (Lipinski definition) is 0. The number of carbonyl (C=O) groups excluding carboxylic acids is 1. The third kappa shape index (κ3) is 4.94. The predicted octanol–water partition coefficient (Wildman–Crippen LogP) is 3.84. The standard InChI is InChI=1S/C24H26N2O3/c27-24(22-11-17-28-19-22)29-18-16-25-12-14-26(15-13-25)23(20-7-3-1-4-8-20)21-9-5-2-6-10-21/h1-11,17,19,23H,12-16,18H2. The Kier molecular flexibility index (Phi) is 6.39. The molecule has 0 aliphatic carbocycles. The summed E-state index contributed by atoms with van der Waals surface area (Å²) in [5.41, 5.74) is 3.10. The zero-order valence-corrected chi connectivity index (χ0v) is 16.4. The maximum absolute atomic E-state index is 11.9. The van der Waals surface area contributed by atoms with Crippen molar-refractivity contribution in [3.05, 3.63) is 95.9 Å². The minimum absolute atomic E-state index is 0.262. The highest BCUT2D eigenvalue weighted by Crippen LogP contribution is 2.29. The number of hydrogen-bond acceptors (Lipinski definition) is 5. The van der Waals surface area contributed by atoms with Crippen LogP contribution in [0, 0.1) is 0 Å². The van der Waals surface area contributed by atoms with E-state index in [-0.39, 0.29) is 12.0 Å². The average Bonchev–Trinajstić information content (AvgIpc) is 3.32. The average molecular weight is 390 g/mol. The zero-order chi connectivity index (χ0) is 19.9. The van der Waals surface area contributed by atoms with E-state index in [4.69, 9.17) is 9.15 Å². The molecular formula is C24H26N2O3. The van der Waals surface area contributed by atoms with Gasteiger partial charge in [0, 0.05) is 32.7 Å². The van der Waals surface area contributed by atoms with E-state index in [1.54, 1.807) is 6.07 Å². The van der Waals surface area contributed by atoms with E-state index in [9.17, 15) is 4.79 Å². The third-order valence-electron chi connectivity index (χ3n) is 5.40. The topological polar surface area (TPSA) is 45.9 Å². The summed E-state index contributed by atoms with van der Waals surface area (Å²) in [5.74, 6) is -0.328. The number of nitrogens with zero attached hydrogens (tertiary/aromatic N) is 2. The first kappa shape index (κ1) is 19.4. The molecule has 1 fully saturated rings. The summed E-state index contributed by atoms with van der Waals surface area (Å²) < 4.78 is 10.3. The molecule has 0 amide bonds. The van der Waals surface area contributed by atoms with Crippen LogP contribution in [0.4, 0.5) is 0 Å². The molecule has 4 rings (SSSR count). The number of esters is 1. The van der Waals surface area contributed by atoms with E-state index in [1.165, 1.54) is 23.7 Å². The van der Waals surface area contributed by atoms with Crippen molar-refractivity contribution in [1.29, 1.82) is 0 Å². The molecule has 0 radical (unpaired) electrons. The van der Waals surface area contributed by atoms with Crippen molar-refractivity contribution in [3.63, 3.8) is 0 Å². The number of furan rings is 1. The first-order chi connectivity index (χ1) is 14.3. The lowest BCUT2D eigenvalue weighted by atomic mass is 9.96. The molecule has 150 valence electrons. The van der Waals surface area contributed by atoms with Crippen LogP contribution in [-0.4, -0.2) is 55.1 Å². The Morgan fingerprint density at radius 3 is 2.07 bits per heavy atom. The Labute approximate surface area is 171 Å². The van der Waals surface area contributed by atoms with E-state index in [0.717, 1.165) is 32.7 Å². The molecule has 2 heterocycles. The predicted molar refractivity (Wildman–Crippen MR) is 112 cm³/mol. The first-order valence-corrected chi connectivity index (χ1v) is 10.1. The van der Waals surface area contributed by atoms with Gasteiger partial charge in [-0.1, -0.05) is 60.7 Å². The molecule has 0 N–H and O–H groups in total. The summed E-state index contributed by atoms with van der Waals surface area (Å²) in [4.78, 5) is 16.8. The lowest BCUT2D eigenvalue weighted by molar-refractivity contribution is 0.0406. The van der Waals surface area contributed by atoms with Gasteiger partial charge in [-0.05, 0) is 17.2 Å². The van der Waals surface area contributed by atoms with E-state index in [2.05, 4.69) is 70.5 Å². The fraction of sp³-hybridized carbons (Fsp3) is 0.292. The van der Waals surface area contributed by atoms with Gasteiger partial charge in [0.2, 0.25) is 0 Å². The highest BCUT2D eigenvalue weighted by molar-refractivity contribution is 5.88. The summed E-state index contributed by atoms with van der Waals surface area (Å²) >= 11 is 0. The van der Waals surface area contributed by atoms with Gasteiger partial charge in [-0.25, -0.2) is 4.79 Å². The van der Waals surface area contributed by atoms with Gasteiger partial charge in [0.25, 0.3) is 0 Å². The summed E-state index contributed by atoms with van der Waals surface area (Å²) in [7, 11) is 0. The van der Waals surface area contributed by atoms with Gasteiger partial charge in [-0.15, -0.1) is 0 Å². The summed E-state index contributed by atoms with van der Waals surface area (Å²) in [5, 5.41) is 0. The number of rotatable bonds is 7. The second-order valence-corrected chi connectivity index (χ2v) is 7.25. The quantitative estimate of drug-likeness (QED) is 0.574. The summed E-state index contributed by atoms with van der Waals surface area (Å²) in [6.07, 6.45) is 2.89. The normalized spacial score (nSPS) is 15.5. The Morgan fingerprint density at radius 1 is 0.897 bits per heavy atom. The van der Waals surface area contributed by atoms with Gasteiger partial charge in [0.05, 0.1) is 17.9 Å². The van der Waals surface area contributed by atoms with Gasteiger partial charge >= 0.3 is 5.97 Å². The highest BCUT2D eigenvalue weighted by atomic mass is 16.5. The molecular weight excluding hydrogens is 364 g/mol. The van der Waals surface area contributed by atoms with Crippen LogP contribution in [-0.2, 0) is 4.74 Å². The van der Waals surface area contributed by atoms with E-state index in [0.29, 0.717) is 12.2 Å². The fourth-order valence-electron chi connectivity index (χ4n) is 3.86. The van der Waals surface area contributed by atoms with E-state index < -0.39 is 0 Å². The zero-order valence-electron chi connectivity index (χ0n) is 16.4. The van der Waals surface area contributed by atoms with Crippen LogP contribution in [0.1, 0.15) is 27.5 Å². The van der Waals surface area contributed by atoms with Crippen LogP contribution in [0.3, 0.4) is 0 Å². The second kappa shape index (κ2) is 9.54. The second-order valence-electron chi connectivity index (χ2n) is 7.25. The van der Waals surface area contributed by atoms with Gasteiger partial charge in [-0.3, -0.25) is 9.80 Å². The molecule has 0 bridgehead atoms. The summed E-state index contributed by atoms with van der Waals surface area (Å²) in [6.45, 7) is 5.01. The minimum atomic E-state index is -0.328. The maximum Gasteiger partial charge on any atom is 0.341 e. The van der Waals surface area contributed by atoms with Crippen LogP contribution < -0.4 is 0 Å². The van der Waals surface area contributed by atoms with Crippen molar-refractivity contribution in [2.45, 2.75) is 6.04 Å².